The number of hydrogen-bond donors (Lipinski definition) is 2. The van der Waals surface area contributed by atoms with E-state index < -0.39 is 0 Å². The van der Waals surface area contributed by atoms with Crippen LogP contribution >= 0.6 is 11.8 Å². The summed E-state index contributed by atoms with van der Waals surface area (Å²) in [6, 6.07) is 0. The Balaban J connectivity index is 2.45. The zero-order chi connectivity index (χ0) is 9.73. The summed E-state index contributed by atoms with van der Waals surface area (Å²) in [5.41, 5.74) is 1.20. The number of dihydropyridines is 1. The predicted molar refractivity (Wildman–Crippen MR) is 58.6 cm³/mol. The minimum atomic E-state index is 0.102. The molecule has 0 aliphatic carbocycles. The summed E-state index contributed by atoms with van der Waals surface area (Å²) in [5, 5.41) is 11.8. The van der Waals surface area contributed by atoms with Crippen LogP contribution in [0.5, 0.6) is 0 Å². The quantitative estimate of drug-likeness (QED) is 0.678. The van der Waals surface area contributed by atoms with Crippen molar-refractivity contribution in [2.75, 3.05) is 12.4 Å². The van der Waals surface area contributed by atoms with Crippen molar-refractivity contribution in [2.24, 2.45) is 0 Å². The maximum absolute atomic E-state index is 8.67. The lowest BCUT2D eigenvalue weighted by atomic mass is 10.1. The van der Waals surface area contributed by atoms with Crippen LogP contribution in [0.25, 0.3) is 0 Å². The molecule has 0 amide bonds. The Labute approximate surface area is 84.1 Å². The van der Waals surface area contributed by atoms with Crippen LogP contribution in [-0.2, 0) is 0 Å². The lowest BCUT2D eigenvalue weighted by Crippen LogP contribution is -2.22. The standard InChI is InChI=1S/C10H17NOS/c1-9-8-10(2,4-5-11-9)13-7-3-6-12/h4-5,8,11-12H,3,6-7H2,1-2H3. The van der Waals surface area contributed by atoms with E-state index in [2.05, 4.69) is 31.3 Å². The molecule has 0 bridgehead atoms. The molecule has 74 valence electrons. The summed E-state index contributed by atoms with van der Waals surface area (Å²) in [7, 11) is 0. The number of thioether (sulfide) groups is 1. The Bertz CT molecular complexity index is 225. The van der Waals surface area contributed by atoms with Gasteiger partial charge in [-0.2, -0.15) is 0 Å². The van der Waals surface area contributed by atoms with Gasteiger partial charge in [0.1, 0.15) is 0 Å². The van der Waals surface area contributed by atoms with Gasteiger partial charge >= 0.3 is 0 Å². The molecule has 1 aliphatic rings. The van der Waals surface area contributed by atoms with E-state index in [9.17, 15) is 0 Å². The van der Waals surface area contributed by atoms with Gasteiger partial charge < -0.3 is 10.4 Å². The van der Waals surface area contributed by atoms with Gasteiger partial charge in [0.2, 0.25) is 0 Å². The summed E-state index contributed by atoms with van der Waals surface area (Å²) in [4.78, 5) is 0. The highest BCUT2D eigenvalue weighted by Crippen LogP contribution is 2.31. The van der Waals surface area contributed by atoms with Crippen molar-refractivity contribution >= 4 is 11.8 Å². The second-order valence-electron chi connectivity index (χ2n) is 3.41. The smallest absolute Gasteiger partial charge is 0.0526 e. The van der Waals surface area contributed by atoms with E-state index in [0.717, 1.165) is 12.2 Å². The minimum absolute atomic E-state index is 0.102. The van der Waals surface area contributed by atoms with Crippen molar-refractivity contribution in [3.05, 3.63) is 24.0 Å². The fourth-order valence-electron chi connectivity index (χ4n) is 1.30. The molecule has 1 rings (SSSR count). The van der Waals surface area contributed by atoms with E-state index in [4.69, 9.17) is 5.11 Å². The van der Waals surface area contributed by atoms with E-state index in [0.29, 0.717) is 0 Å². The number of aliphatic hydroxyl groups excluding tert-OH is 1. The van der Waals surface area contributed by atoms with Crippen molar-refractivity contribution in [2.45, 2.75) is 25.0 Å². The highest BCUT2D eigenvalue weighted by atomic mass is 32.2. The van der Waals surface area contributed by atoms with E-state index in [-0.39, 0.29) is 11.4 Å². The second kappa shape index (κ2) is 4.72. The Morgan fingerprint density at radius 3 is 3.00 bits per heavy atom. The minimum Gasteiger partial charge on any atom is -0.396 e. The first-order valence-electron chi connectivity index (χ1n) is 4.55. The topological polar surface area (TPSA) is 32.3 Å². The van der Waals surface area contributed by atoms with Gasteiger partial charge in [-0.05, 0) is 44.4 Å². The van der Waals surface area contributed by atoms with E-state index in [1.54, 1.807) is 0 Å². The normalized spacial score (nSPS) is 26.8. The number of allylic oxidation sites excluding steroid dienone is 1. The van der Waals surface area contributed by atoms with Gasteiger partial charge in [0.05, 0.1) is 4.75 Å². The predicted octanol–water partition coefficient (Wildman–Crippen LogP) is 1.88. The molecule has 0 saturated carbocycles. The van der Waals surface area contributed by atoms with Crippen LogP contribution in [0.15, 0.2) is 24.0 Å². The Morgan fingerprint density at radius 1 is 1.62 bits per heavy atom. The zero-order valence-electron chi connectivity index (χ0n) is 8.21. The molecule has 3 heteroatoms. The molecular formula is C10H17NOS. The third-order valence-corrected chi connectivity index (χ3v) is 3.31. The molecule has 13 heavy (non-hydrogen) atoms. The molecule has 0 radical (unpaired) electrons. The van der Waals surface area contributed by atoms with Crippen LogP contribution in [0, 0.1) is 0 Å². The molecule has 0 spiro atoms. The van der Waals surface area contributed by atoms with Crippen LogP contribution in [-0.4, -0.2) is 22.2 Å². The van der Waals surface area contributed by atoms with Crippen molar-refractivity contribution in [3.8, 4) is 0 Å². The summed E-state index contributed by atoms with van der Waals surface area (Å²) < 4.78 is 0.102. The molecule has 0 aromatic rings. The maximum atomic E-state index is 8.67. The zero-order valence-corrected chi connectivity index (χ0v) is 9.03. The van der Waals surface area contributed by atoms with Gasteiger partial charge in [-0.1, -0.05) is 0 Å². The largest absolute Gasteiger partial charge is 0.396 e. The molecule has 1 heterocycles. The Morgan fingerprint density at radius 2 is 2.38 bits per heavy atom. The van der Waals surface area contributed by atoms with E-state index >= 15 is 0 Å². The Hall–Kier alpha value is -0.410. The van der Waals surface area contributed by atoms with Crippen LogP contribution in [0.4, 0.5) is 0 Å². The molecule has 0 fully saturated rings. The Kier molecular flexibility index (Phi) is 3.88. The molecular weight excluding hydrogens is 182 g/mol. The first kappa shape index (κ1) is 10.7. The van der Waals surface area contributed by atoms with Gasteiger partial charge in [-0.25, -0.2) is 0 Å². The molecule has 0 aromatic carbocycles. The molecule has 0 aromatic heterocycles. The van der Waals surface area contributed by atoms with Crippen LogP contribution in [0.3, 0.4) is 0 Å². The lowest BCUT2D eigenvalue weighted by molar-refractivity contribution is 0.296. The fourth-order valence-corrected chi connectivity index (χ4v) is 2.44. The third-order valence-electron chi connectivity index (χ3n) is 1.94. The van der Waals surface area contributed by atoms with Gasteiger partial charge in [0.15, 0.2) is 0 Å². The first-order chi connectivity index (χ1) is 6.16. The number of rotatable bonds is 4. The monoisotopic (exact) mass is 199 g/mol. The maximum Gasteiger partial charge on any atom is 0.0526 e. The molecule has 0 saturated heterocycles. The van der Waals surface area contributed by atoms with Gasteiger partial charge in [-0.15, -0.1) is 11.8 Å². The first-order valence-corrected chi connectivity index (χ1v) is 5.53. The molecule has 1 aliphatic heterocycles. The van der Waals surface area contributed by atoms with E-state index in [1.807, 2.05) is 18.0 Å². The van der Waals surface area contributed by atoms with Gasteiger partial charge in [-0.3, -0.25) is 0 Å². The van der Waals surface area contributed by atoms with E-state index in [1.165, 1.54) is 5.70 Å². The van der Waals surface area contributed by atoms with Crippen molar-refractivity contribution < 1.29 is 5.11 Å². The summed E-state index contributed by atoms with van der Waals surface area (Å²) in [6.07, 6.45) is 7.23. The fraction of sp³-hybridized carbons (Fsp3) is 0.600. The molecule has 1 atom stereocenters. The third kappa shape index (κ3) is 3.44. The van der Waals surface area contributed by atoms with Crippen molar-refractivity contribution in [1.29, 1.82) is 0 Å². The second-order valence-corrected chi connectivity index (χ2v) is 4.99. The van der Waals surface area contributed by atoms with Crippen LogP contribution in [0.1, 0.15) is 20.3 Å². The van der Waals surface area contributed by atoms with Gasteiger partial charge in [0, 0.05) is 12.3 Å². The van der Waals surface area contributed by atoms with Crippen molar-refractivity contribution in [3.63, 3.8) is 0 Å². The summed E-state index contributed by atoms with van der Waals surface area (Å²) in [6.45, 7) is 4.54. The highest BCUT2D eigenvalue weighted by molar-refractivity contribution is 8.00. The summed E-state index contributed by atoms with van der Waals surface area (Å²) in [5.74, 6) is 1.00. The molecule has 1 unspecified atom stereocenters. The summed E-state index contributed by atoms with van der Waals surface area (Å²) >= 11 is 1.86. The molecule has 2 N–H and O–H groups in total. The number of aliphatic hydroxyl groups is 1. The SMILES string of the molecule is CC1=CC(C)(SCCCO)C=CN1. The average Bonchev–Trinajstić information content (AvgIpc) is 2.04. The lowest BCUT2D eigenvalue weighted by Gasteiger charge is -2.25. The number of nitrogens with one attached hydrogen (secondary N) is 1. The van der Waals surface area contributed by atoms with Gasteiger partial charge in [0.25, 0.3) is 0 Å². The van der Waals surface area contributed by atoms with Crippen LogP contribution < -0.4 is 5.32 Å². The average molecular weight is 199 g/mol. The van der Waals surface area contributed by atoms with Crippen molar-refractivity contribution in [1.82, 2.24) is 5.32 Å². The number of hydrogen-bond acceptors (Lipinski definition) is 3. The highest BCUT2D eigenvalue weighted by Gasteiger charge is 2.20. The van der Waals surface area contributed by atoms with Crippen LogP contribution in [0.2, 0.25) is 0 Å². The molecule has 2 nitrogen and oxygen atoms in total.